The van der Waals surface area contributed by atoms with Gasteiger partial charge in [-0.3, -0.25) is 19.2 Å². The summed E-state index contributed by atoms with van der Waals surface area (Å²) >= 11 is 0. The van der Waals surface area contributed by atoms with Gasteiger partial charge in [0.05, 0.1) is 65.6 Å². The van der Waals surface area contributed by atoms with Crippen LogP contribution in [0.5, 0.6) is 0 Å². The van der Waals surface area contributed by atoms with Crippen molar-refractivity contribution in [3.8, 4) is 0 Å². The topological polar surface area (TPSA) is 838 Å². The summed E-state index contributed by atoms with van der Waals surface area (Å²) in [4.78, 5) is 51.8. The molecule has 10 aliphatic rings. The van der Waals surface area contributed by atoms with Gasteiger partial charge in [0.15, 0.2) is 62.9 Å². The Morgan fingerprint density at radius 2 is 0.516 bits per heavy atom. The minimum atomic E-state index is -2.64. The van der Waals surface area contributed by atoms with Gasteiger partial charge in [-0.15, -0.1) is 0 Å². The van der Waals surface area contributed by atoms with Crippen LogP contribution in [0.15, 0.2) is 0 Å². The van der Waals surface area contributed by atoms with Gasteiger partial charge in [0.1, 0.15) is 238 Å². The second kappa shape index (κ2) is 43.6. The van der Waals surface area contributed by atoms with E-state index in [0.717, 1.165) is 27.7 Å². The summed E-state index contributed by atoms with van der Waals surface area (Å²) in [7, 11) is 0. The quantitative estimate of drug-likeness (QED) is 0.0306. The predicted octanol–water partition coefficient (Wildman–Crippen LogP) is -21.2. The summed E-state index contributed by atoms with van der Waals surface area (Å²) in [6, 6.07) is -7.69. The fourth-order valence-corrected chi connectivity index (χ4v) is 15.8. The Hall–Kier alpha value is -3.96. The standard InChI is InChI=1S/C68H114N4O50/c1-15-33(84)43(94)48(99)63(106-15)104-14-28-54(40(91)29(59(103)107-28)69-16(2)80)116-60-30(70-17(3)81)41(92)53(26(12-79)113-60)118-66-51(102)56(120-68-58(47(98)37(88)23(9-76)112-68)122-62-32(72-19(5)83)55(38(89)24(10-77)108-62)119-65-50(101)45(96)35(86)21(7-74)110-65)39(90)27(115-66)13-105-67-57(46(97)36(87)22(8-75)111-67)121-61-31(71-18(4)82)42(93)52(25(11-78)114-61)117-64-49(100)44(95)34(85)20(6-73)109-64/h15,20-68,73-79,84-103H,6-14H2,1-5H3,(H,69,80)(H,70,81)(H,71,82)(H,72,83)/t15-,20+,21+,22+,23+,24+,25+,26+,27+,28+,29+,30+,31+,32-,33+,34-,35-,36+,37+,38+,39+,40+,41+,42+,43+,44-,45-,46-,47-,48-,49+,50+,51-,52+,53+,54+,55+,56-,57-,58-,59+,60-,61-,62-,63+,64-,65-,66-,67-,68+/m0/s1. The number of aliphatic hydroxyl groups is 27. The second-order valence-electron chi connectivity index (χ2n) is 31.0. The van der Waals surface area contributed by atoms with E-state index < -0.39 is 390 Å². The second-order valence-corrected chi connectivity index (χ2v) is 31.0. The molecule has 0 radical (unpaired) electrons. The minimum absolute atomic E-state index is 0.847. The molecular weight excluding hydrogens is 1670 g/mol. The SMILES string of the molecule is CC(=O)N[C@@H]1[C@H](O[C@@H]2[C@@H](O[C@@H]3[C@H](O)[C@H](O[C@H]4[C@H](O)[C@@H](NC(C)=O)[C@H](O[C@H]5[C@H](O)[C@@H](NC(C)=O)[C@H](O)O[C@@H]5CO[C@@H]5O[C@@H](C)[C@@H](O)[C@@H](O)[C@@H]5O)O[C@@H]4CO)O[C@H](CO[C@H]4O[C@H](CO)[C@@H](O)[C@H](O)[C@@H]4O[C@@H]4O[C@H](CO)[C@@H](O[C@@H]5O[C@H](CO)[C@H](O)[C@H](O)[C@H]5O)[C@H](O)[C@H]4NC(C)=O)[C@H]3O)O[C@H](CO)[C@@H](O)[C@@H]2O)O[C@H](CO)[C@@H](O)[C@@H]1O[C@@H]1O[C@H](CO)[C@H](O)[C@H](O)[C@H]1O. The number of aliphatic hydroxyl groups excluding tert-OH is 27. The number of hydrogen-bond acceptors (Lipinski definition) is 50. The molecule has 706 valence electrons. The average Bonchev–Trinajstić information content (AvgIpc) is 0.759. The molecule has 50 atom stereocenters. The van der Waals surface area contributed by atoms with E-state index in [1.54, 1.807) is 0 Å². The van der Waals surface area contributed by atoms with Crippen LogP contribution in [0.2, 0.25) is 0 Å². The van der Waals surface area contributed by atoms with Crippen molar-refractivity contribution in [2.24, 2.45) is 0 Å². The molecule has 54 heteroatoms. The fourth-order valence-electron chi connectivity index (χ4n) is 15.8. The maximum atomic E-state index is 13.3. The van der Waals surface area contributed by atoms with Gasteiger partial charge in [-0.2, -0.15) is 0 Å². The molecule has 0 aromatic rings. The van der Waals surface area contributed by atoms with Gasteiger partial charge in [0.2, 0.25) is 23.6 Å². The Bertz CT molecular complexity index is 3290. The molecule has 0 aliphatic carbocycles. The lowest BCUT2D eigenvalue weighted by Crippen LogP contribution is -2.71. The highest BCUT2D eigenvalue weighted by Crippen LogP contribution is 2.41. The molecule has 4 amide bonds. The first-order valence-electron chi connectivity index (χ1n) is 39.0. The highest BCUT2D eigenvalue weighted by Gasteiger charge is 2.62. The fraction of sp³-hybridized carbons (Fsp3) is 0.941. The van der Waals surface area contributed by atoms with Crippen LogP contribution in [0.25, 0.3) is 0 Å². The van der Waals surface area contributed by atoms with Crippen molar-refractivity contribution in [1.82, 2.24) is 21.3 Å². The third-order valence-electron chi connectivity index (χ3n) is 22.4. The normalized spacial score (nSPS) is 49.7. The molecule has 0 aromatic carbocycles. The average molecular weight is 1790 g/mol. The summed E-state index contributed by atoms with van der Waals surface area (Å²) in [5.74, 6) is -3.77. The number of ether oxygens (including phenoxy) is 19. The Labute approximate surface area is 691 Å². The van der Waals surface area contributed by atoms with E-state index >= 15 is 0 Å². The molecule has 10 aliphatic heterocycles. The van der Waals surface area contributed by atoms with Crippen LogP contribution < -0.4 is 21.3 Å². The molecule has 54 nitrogen and oxygen atoms in total. The predicted molar refractivity (Wildman–Crippen MR) is 375 cm³/mol. The molecule has 0 spiro atoms. The van der Waals surface area contributed by atoms with Crippen molar-refractivity contribution in [2.45, 2.75) is 341 Å². The van der Waals surface area contributed by atoms with Crippen molar-refractivity contribution >= 4 is 23.6 Å². The lowest BCUT2D eigenvalue weighted by Gasteiger charge is -2.51. The summed E-state index contributed by atoms with van der Waals surface area (Å²) in [5.41, 5.74) is 0. The van der Waals surface area contributed by atoms with E-state index in [0.29, 0.717) is 0 Å². The van der Waals surface area contributed by atoms with Crippen LogP contribution in [0.4, 0.5) is 0 Å². The summed E-state index contributed by atoms with van der Waals surface area (Å²) in [5, 5.41) is 311. The van der Waals surface area contributed by atoms with Crippen LogP contribution in [-0.2, 0) is 109 Å². The van der Waals surface area contributed by atoms with Crippen molar-refractivity contribution in [3.63, 3.8) is 0 Å². The van der Waals surface area contributed by atoms with E-state index in [1.807, 2.05) is 0 Å². The zero-order valence-corrected chi connectivity index (χ0v) is 65.7. The molecule has 0 bridgehead atoms. The van der Waals surface area contributed by atoms with E-state index in [2.05, 4.69) is 21.3 Å². The largest absolute Gasteiger partial charge is 0.394 e. The summed E-state index contributed by atoms with van der Waals surface area (Å²) in [6.45, 7) is -4.89. The Morgan fingerprint density at radius 1 is 0.230 bits per heavy atom. The third-order valence-corrected chi connectivity index (χ3v) is 22.4. The van der Waals surface area contributed by atoms with Gasteiger partial charge in [-0.05, 0) is 6.92 Å². The van der Waals surface area contributed by atoms with Crippen LogP contribution >= 0.6 is 0 Å². The Balaban J connectivity index is 0.993. The van der Waals surface area contributed by atoms with Gasteiger partial charge in [0, 0.05) is 27.7 Å². The van der Waals surface area contributed by atoms with Crippen LogP contribution in [-0.4, -0.2) is 528 Å². The molecule has 0 aromatic heterocycles. The van der Waals surface area contributed by atoms with Gasteiger partial charge in [-0.1, -0.05) is 0 Å². The first-order chi connectivity index (χ1) is 57.7. The van der Waals surface area contributed by atoms with E-state index in [-0.39, 0.29) is 0 Å². The Kier molecular flexibility index (Phi) is 35.8. The number of rotatable bonds is 31. The smallest absolute Gasteiger partial charge is 0.217 e. The van der Waals surface area contributed by atoms with Crippen molar-refractivity contribution in [2.75, 3.05) is 59.5 Å². The molecule has 10 fully saturated rings. The van der Waals surface area contributed by atoms with Gasteiger partial charge in [0.25, 0.3) is 0 Å². The molecular formula is C68H114N4O50. The first kappa shape index (κ1) is 100. The van der Waals surface area contributed by atoms with Crippen LogP contribution in [0.3, 0.4) is 0 Å². The molecule has 122 heavy (non-hydrogen) atoms. The summed E-state index contributed by atoms with van der Waals surface area (Å²) < 4.78 is 113. The minimum Gasteiger partial charge on any atom is -0.394 e. The van der Waals surface area contributed by atoms with Gasteiger partial charge in [-0.25, -0.2) is 0 Å². The monoisotopic (exact) mass is 1790 g/mol. The Morgan fingerprint density at radius 3 is 0.975 bits per heavy atom. The molecule has 10 saturated heterocycles. The number of carbonyl (C=O) groups is 4. The number of amides is 4. The maximum Gasteiger partial charge on any atom is 0.217 e. The molecule has 0 unspecified atom stereocenters. The number of carbonyl (C=O) groups excluding carboxylic acids is 4. The molecule has 31 N–H and O–H groups in total. The number of hydrogen-bond donors (Lipinski definition) is 31. The van der Waals surface area contributed by atoms with E-state index in [9.17, 15) is 157 Å². The van der Waals surface area contributed by atoms with E-state index in [1.165, 1.54) is 6.92 Å². The maximum absolute atomic E-state index is 13.3. The van der Waals surface area contributed by atoms with Gasteiger partial charge < -0.3 is 249 Å². The molecule has 10 rings (SSSR count). The van der Waals surface area contributed by atoms with Crippen LogP contribution in [0.1, 0.15) is 34.6 Å². The summed E-state index contributed by atoms with van der Waals surface area (Å²) in [6.07, 6.45) is -95.7. The van der Waals surface area contributed by atoms with Gasteiger partial charge >= 0.3 is 0 Å². The van der Waals surface area contributed by atoms with Crippen molar-refractivity contribution < 1.29 is 247 Å². The number of nitrogens with one attached hydrogen (secondary N) is 4. The van der Waals surface area contributed by atoms with Crippen LogP contribution in [0, 0.1) is 0 Å². The zero-order valence-electron chi connectivity index (χ0n) is 65.7. The highest BCUT2D eigenvalue weighted by molar-refractivity contribution is 5.74. The van der Waals surface area contributed by atoms with Crippen molar-refractivity contribution in [3.05, 3.63) is 0 Å². The first-order valence-corrected chi connectivity index (χ1v) is 39.0. The third kappa shape index (κ3) is 22.0. The zero-order chi connectivity index (χ0) is 89.8. The molecule has 0 saturated carbocycles. The highest BCUT2D eigenvalue weighted by atomic mass is 16.8. The lowest BCUT2D eigenvalue weighted by molar-refractivity contribution is -0.399. The lowest BCUT2D eigenvalue weighted by atomic mass is 9.93. The molecule has 10 heterocycles. The van der Waals surface area contributed by atoms with E-state index in [4.69, 9.17) is 90.0 Å². The van der Waals surface area contributed by atoms with Crippen molar-refractivity contribution in [1.29, 1.82) is 0 Å².